The molecule has 2 rings (SSSR count). The Kier molecular flexibility index (Phi) is 9.78. The minimum absolute atomic E-state index is 0.0262. The Balaban J connectivity index is 1.82. The Morgan fingerprint density at radius 3 is 2.26 bits per heavy atom. The second kappa shape index (κ2) is 11.8. The molecule has 1 aliphatic rings. The SMILES string of the molecule is COC(=O)[C@@H](CC(=O)C1CCC(CNC(=O)OC(C)(C)C)CC1)Cc1ccc(I)cc1. The number of halogens is 1. The first-order valence-electron chi connectivity index (χ1n) is 10.9. The van der Waals surface area contributed by atoms with Crippen LogP contribution in [0.15, 0.2) is 24.3 Å². The number of amides is 1. The topological polar surface area (TPSA) is 81.7 Å². The first-order valence-corrected chi connectivity index (χ1v) is 12.0. The van der Waals surface area contributed by atoms with E-state index in [1.54, 1.807) is 0 Å². The highest BCUT2D eigenvalue weighted by molar-refractivity contribution is 14.1. The Bertz CT molecular complexity index is 748. The average Bonchev–Trinajstić information content (AvgIpc) is 2.71. The van der Waals surface area contributed by atoms with Crippen LogP contribution in [0.25, 0.3) is 0 Å². The van der Waals surface area contributed by atoms with Crippen LogP contribution in [0, 0.1) is 21.3 Å². The number of Topliss-reactive ketones (excluding diaryl/α,β-unsaturated/α-hetero) is 1. The number of hydrogen-bond donors (Lipinski definition) is 1. The lowest BCUT2D eigenvalue weighted by Crippen LogP contribution is -2.36. The van der Waals surface area contributed by atoms with Gasteiger partial charge in [-0.2, -0.15) is 0 Å². The minimum Gasteiger partial charge on any atom is -0.469 e. The fourth-order valence-corrected chi connectivity index (χ4v) is 4.31. The molecule has 0 aliphatic heterocycles. The highest BCUT2D eigenvalue weighted by atomic mass is 127. The highest BCUT2D eigenvalue weighted by Crippen LogP contribution is 2.31. The summed E-state index contributed by atoms with van der Waals surface area (Å²) in [5.41, 5.74) is 0.517. The normalized spacial score (nSPS) is 19.9. The van der Waals surface area contributed by atoms with Crippen molar-refractivity contribution < 1.29 is 23.9 Å². The number of hydrogen-bond acceptors (Lipinski definition) is 5. The van der Waals surface area contributed by atoms with Gasteiger partial charge in [0.25, 0.3) is 0 Å². The molecule has 0 bridgehead atoms. The largest absolute Gasteiger partial charge is 0.469 e. The number of rotatable bonds is 8. The first kappa shape index (κ1) is 25.6. The third-order valence-electron chi connectivity index (χ3n) is 5.61. The molecule has 0 spiro atoms. The van der Waals surface area contributed by atoms with Gasteiger partial charge in [-0.15, -0.1) is 0 Å². The number of carbonyl (C=O) groups is 3. The maximum Gasteiger partial charge on any atom is 0.407 e. The highest BCUT2D eigenvalue weighted by Gasteiger charge is 2.31. The lowest BCUT2D eigenvalue weighted by Gasteiger charge is -2.29. The van der Waals surface area contributed by atoms with Crippen LogP contribution >= 0.6 is 22.6 Å². The summed E-state index contributed by atoms with van der Waals surface area (Å²) in [7, 11) is 1.37. The van der Waals surface area contributed by atoms with Crippen LogP contribution in [-0.2, 0) is 25.5 Å². The molecule has 1 aromatic rings. The summed E-state index contributed by atoms with van der Waals surface area (Å²) in [4.78, 5) is 37.0. The van der Waals surface area contributed by atoms with Crippen molar-refractivity contribution in [3.05, 3.63) is 33.4 Å². The predicted molar refractivity (Wildman–Crippen MR) is 128 cm³/mol. The molecule has 1 aromatic carbocycles. The molecule has 31 heavy (non-hydrogen) atoms. The Morgan fingerprint density at radius 1 is 1.10 bits per heavy atom. The summed E-state index contributed by atoms with van der Waals surface area (Å²) < 4.78 is 11.4. The molecule has 172 valence electrons. The number of alkyl carbamates (subject to hydrolysis) is 1. The van der Waals surface area contributed by atoms with E-state index in [-0.39, 0.29) is 24.1 Å². The fourth-order valence-electron chi connectivity index (χ4n) is 3.95. The van der Waals surface area contributed by atoms with Crippen molar-refractivity contribution in [1.29, 1.82) is 0 Å². The van der Waals surface area contributed by atoms with E-state index in [2.05, 4.69) is 27.9 Å². The maximum atomic E-state index is 12.9. The van der Waals surface area contributed by atoms with E-state index in [0.717, 1.165) is 34.8 Å². The van der Waals surface area contributed by atoms with Crippen molar-refractivity contribution in [2.45, 2.75) is 64.9 Å². The van der Waals surface area contributed by atoms with Crippen molar-refractivity contribution in [1.82, 2.24) is 5.32 Å². The van der Waals surface area contributed by atoms with E-state index >= 15 is 0 Å². The fraction of sp³-hybridized carbons (Fsp3) is 0.625. The average molecular weight is 543 g/mol. The van der Waals surface area contributed by atoms with E-state index in [1.165, 1.54) is 7.11 Å². The molecule has 1 aliphatic carbocycles. The summed E-state index contributed by atoms with van der Waals surface area (Å²) in [6.45, 7) is 6.07. The van der Waals surface area contributed by atoms with Crippen molar-refractivity contribution >= 4 is 40.4 Å². The van der Waals surface area contributed by atoms with Gasteiger partial charge in [-0.1, -0.05) is 12.1 Å². The smallest absolute Gasteiger partial charge is 0.407 e. The van der Waals surface area contributed by atoms with E-state index < -0.39 is 17.6 Å². The van der Waals surface area contributed by atoms with Crippen LogP contribution in [-0.4, -0.2) is 37.1 Å². The van der Waals surface area contributed by atoms with Crippen molar-refractivity contribution in [2.75, 3.05) is 13.7 Å². The van der Waals surface area contributed by atoms with E-state index in [4.69, 9.17) is 9.47 Å². The van der Waals surface area contributed by atoms with E-state index in [1.807, 2.05) is 45.0 Å². The van der Waals surface area contributed by atoms with E-state index in [9.17, 15) is 14.4 Å². The molecule has 1 fully saturated rings. The van der Waals surface area contributed by atoms with Crippen molar-refractivity contribution in [2.24, 2.45) is 17.8 Å². The molecule has 1 saturated carbocycles. The molecule has 0 unspecified atom stereocenters. The molecule has 7 heteroatoms. The zero-order valence-corrected chi connectivity index (χ0v) is 21.1. The van der Waals surface area contributed by atoms with Crippen molar-refractivity contribution in [3.63, 3.8) is 0 Å². The predicted octanol–water partition coefficient (Wildman–Crippen LogP) is 4.91. The van der Waals surface area contributed by atoms with Crippen LogP contribution in [0.2, 0.25) is 0 Å². The molecule has 0 radical (unpaired) electrons. The number of nitrogens with one attached hydrogen (secondary N) is 1. The second-order valence-electron chi connectivity index (χ2n) is 9.32. The standard InChI is InChI=1S/C24H34INO5/c1-24(2,3)31-23(29)26-15-17-5-9-18(10-6-17)21(27)14-19(22(28)30-4)13-16-7-11-20(25)12-8-16/h7-8,11-12,17-19H,5-6,9-10,13-15H2,1-4H3,(H,26,29)/t17?,18?,19-/m1/s1. The Morgan fingerprint density at radius 2 is 1.71 bits per heavy atom. The van der Waals surface area contributed by atoms with Gasteiger partial charge in [-0.25, -0.2) is 4.79 Å². The summed E-state index contributed by atoms with van der Waals surface area (Å²) in [6.07, 6.45) is 3.66. The minimum atomic E-state index is -0.511. The molecular weight excluding hydrogens is 509 g/mol. The van der Waals surface area contributed by atoms with Gasteiger partial charge in [0.15, 0.2) is 0 Å². The molecular formula is C24H34INO5. The van der Waals surface area contributed by atoms with Gasteiger partial charge < -0.3 is 14.8 Å². The zero-order valence-electron chi connectivity index (χ0n) is 18.9. The quantitative estimate of drug-likeness (QED) is 0.372. The van der Waals surface area contributed by atoms with Crippen LogP contribution in [0.5, 0.6) is 0 Å². The van der Waals surface area contributed by atoms with Gasteiger partial charge in [0.05, 0.1) is 13.0 Å². The number of carbonyl (C=O) groups excluding carboxylic acids is 3. The second-order valence-corrected chi connectivity index (χ2v) is 10.6. The van der Waals surface area contributed by atoms with Crippen molar-refractivity contribution in [3.8, 4) is 0 Å². The monoisotopic (exact) mass is 543 g/mol. The zero-order chi connectivity index (χ0) is 23.0. The lowest BCUT2D eigenvalue weighted by atomic mass is 9.78. The number of methoxy groups -OCH3 is 1. The van der Waals surface area contributed by atoms with Gasteiger partial charge in [0.2, 0.25) is 0 Å². The first-order chi connectivity index (χ1) is 14.6. The number of benzene rings is 1. The van der Waals surface area contributed by atoms with Gasteiger partial charge in [0.1, 0.15) is 11.4 Å². The number of esters is 1. The van der Waals surface area contributed by atoms with Crippen LogP contribution in [0.3, 0.4) is 0 Å². The number of ether oxygens (including phenoxy) is 2. The van der Waals surface area contributed by atoms with Crippen LogP contribution in [0.4, 0.5) is 4.79 Å². The molecule has 1 atom stereocenters. The van der Waals surface area contributed by atoms with Crippen LogP contribution < -0.4 is 5.32 Å². The summed E-state index contributed by atoms with van der Waals surface area (Å²) in [5.74, 6) is -0.327. The lowest BCUT2D eigenvalue weighted by molar-refractivity contribution is -0.147. The molecule has 6 nitrogen and oxygen atoms in total. The number of ketones is 1. The van der Waals surface area contributed by atoms with E-state index in [0.29, 0.717) is 18.9 Å². The van der Waals surface area contributed by atoms with Gasteiger partial charge in [0, 0.05) is 22.5 Å². The molecule has 0 saturated heterocycles. The van der Waals surface area contributed by atoms with Gasteiger partial charge in [-0.05, 0) is 99.1 Å². The Hall–Kier alpha value is -1.64. The molecule has 0 heterocycles. The molecule has 1 amide bonds. The van der Waals surface area contributed by atoms with Crippen LogP contribution in [0.1, 0.15) is 58.4 Å². The Labute approximate surface area is 199 Å². The summed E-state index contributed by atoms with van der Waals surface area (Å²) >= 11 is 2.24. The molecule has 1 N–H and O–H groups in total. The maximum absolute atomic E-state index is 12.9. The summed E-state index contributed by atoms with van der Waals surface area (Å²) in [5, 5.41) is 2.83. The van der Waals surface area contributed by atoms with Gasteiger partial charge in [-0.3, -0.25) is 9.59 Å². The molecule has 0 aromatic heterocycles. The third-order valence-corrected chi connectivity index (χ3v) is 6.33. The van der Waals surface area contributed by atoms with Gasteiger partial charge >= 0.3 is 12.1 Å². The summed E-state index contributed by atoms with van der Waals surface area (Å²) in [6, 6.07) is 7.98. The third kappa shape index (κ3) is 9.17.